The van der Waals surface area contributed by atoms with Crippen molar-refractivity contribution in [2.75, 3.05) is 23.0 Å². The number of anilines is 4. The number of hydrogen-bond acceptors (Lipinski definition) is 7. The predicted octanol–water partition coefficient (Wildman–Crippen LogP) is 2.80. The van der Waals surface area contributed by atoms with E-state index in [9.17, 15) is 8.42 Å². The topological polar surface area (TPSA) is 122 Å². The standard InChI is InChI=1S/C17H17ClN6O2S/c18-15-10-20-17(23-13-6-4-5-12(19)9-13)24-16(15)21-11-22-27(25,26)14-7-2-1-3-8-14/h1-10,22H,11,19H2,(H2,20,21,23,24). The largest absolute Gasteiger partial charge is 0.399 e. The molecule has 10 heteroatoms. The van der Waals surface area contributed by atoms with Crippen molar-refractivity contribution in [3.8, 4) is 0 Å². The molecule has 0 bridgehead atoms. The van der Waals surface area contributed by atoms with Gasteiger partial charge in [-0.15, -0.1) is 0 Å². The van der Waals surface area contributed by atoms with Gasteiger partial charge in [-0.2, -0.15) is 9.71 Å². The molecule has 5 N–H and O–H groups in total. The summed E-state index contributed by atoms with van der Waals surface area (Å²) in [6, 6.07) is 15.2. The number of rotatable bonds is 7. The van der Waals surface area contributed by atoms with Crippen molar-refractivity contribution in [1.29, 1.82) is 0 Å². The van der Waals surface area contributed by atoms with Crippen LogP contribution in [0.4, 0.5) is 23.1 Å². The summed E-state index contributed by atoms with van der Waals surface area (Å²) >= 11 is 6.08. The molecule has 3 rings (SSSR count). The molecule has 1 aromatic heterocycles. The van der Waals surface area contributed by atoms with Crippen molar-refractivity contribution in [2.24, 2.45) is 0 Å². The first-order valence-electron chi connectivity index (χ1n) is 7.88. The van der Waals surface area contributed by atoms with Crippen molar-refractivity contribution in [2.45, 2.75) is 4.90 Å². The van der Waals surface area contributed by atoms with E-state index in [1.54, 1.807) is 36.4 Å². The lowest BCUT2D eigenvalue weighted by Gasteiger charge is -2.11. The SMILES string of the molecule is Nc1cccc(Nc2ncc(Cl)c(NCNS(=O)(=O)c3ccccc3)n2)c1. The Hall–Kier alpha value is -2.88. The molecule has 0 atom stereocenters. The van der Waals surface area contributed by atoms with Gasteiger partial charge in [-0.05, 0) is 30.3 Å². The molecule has 0 aliphatic heterocycles. The molecule has 0 unspecified atom stereocenters. The molecule has 0 aliphatic rings. The van der Waals surface area contributed by atoms with Crippen molar-refractivity contribution < 1.29 is 8.42 Å². The molecule has 2 aromatic carbocycles. The number of hydrogen-bond donors (Lipinski definition) is 4. The van der Waals surface area contributed by atoms with Gasteiger partial charge in [-0.3, -0.25) is 0 Å². The fourth-order valence-electron chi connectivity index (χ4n) is 2.19. The smallest absolute Gasteiger partial charge is 0.242 e. The molecule has 0 aliphatic carbocycles. The maximum absolute atomic E-state index is 12.2. The minimum atomic E-state index is -3.64. The molecule has 3 aromatic rings. The maximum Gasteiger partial charge on any atom is 0.242 e. The number of nitrogens with zero attached hydrogens (tertiary/aromatic N) is 2. The maximum atomic E-state index is 12.2. The van der Waals surface area contributed by atoms with Gasteiger partial charge in [0.25, 0.3) is 0 Å². The van der Waals surface area contributed by atoms with Gasteiger partial charge in [0.15, 0.2) is 5.82 Å². The average Bonchev–Trinajstić information content (AvgIpc) is 2.65. The van der Waals surface area contributed by atoms with E-state index in [2.05, 4.69) is 25.3 Å². The van der Waals surface area contributed by atoms with Gasteiger partial charge in [0.05, 0.1) is 17.8 Å². The van der Waals surface area contributed by atoms with Crippen LogP contribution in [-0.4, -0.2) is 25.1 Å². The van der Waals surface area contributed by atoms with Crippen LogP contribution in [0.2, 0.25) is 5.02 Å². The van der Waals surface area contributed by atoms with Gasteiger partial charge >= 0.3 is 0 Å². The second-order valence-electron chi connectivity index (χ2n) is 5.45. The van der Waals surface area contributed by atoms with E-state index in [1.165, 1.54) is 18.3 Å². The Morgan fingerprint density at radius 3 is 2.59 bits per heavy atom. The van der Waals surface area contributed by atoms with Gasteiger partial charge < -0.3 is 16.4 Å². The molecule has 27 heavy (non-hydrogen) atoms. The molecule has 0 amide bonds. The van der Waals surface area contributed by atoms with Crippen molar-refractivity contribution in [3.63, 3.8) is 0 Å². The van der Waals surface area contributed by atoms with E-state index in [-0.39, 0.29) is 22.4 Å². The summed E-state index contributed by atoms with van der Waals surface area (Å²) in [6.07, 6.45) is 1.41. The van der Waals surface area contributed by atoms with E-state index >= 15 is 0 Å². The molecule has 1 heterocycles. The summed E-state index contributed by atoms with van der Waals surface area (Å²) in [4.78, 5) is 8.51. The van der Waals surface area contributed by atoms with Crippen LogP contribution in [0.5, 0.6) is 0 Å². The Morgan fingerprint density at radius 1 is 1.07 bits per heavy atom. The normalized spacial score (nSPS) is 11.1. The zero-order chi connectivity index (χ0) is 19.3. The summed E-state index contributed by atoms with van der Waals surface area (Å²) in [7, 11) is -3.64. The Bertz CT molecular complexity index is 1030. The summed E-state index contributed by atoms with van der Waals surface area (Å²) in [5.74, 6) is 0.576. The number of aromatic nitrogens is 2. The minimum absolute atomic E-state index is 0.0916. The summed E-state index contributed by atoms with van der Waals surface area (Å²) in [5, 5.41) is 6.10. The first-order chi connectivity index (χ1) is 12.9. The van der Waals surface area contributed by atoms with Crippen LogP contribution >= 0.6 is 11.6 Å². The summed E-state index contributed by atoms with van der Waals surface area (Å²) in [5.41, 5.74) is 7.06. The van der Waals surface area contributed by atoms with Crippen LogP contribution in [0.3, 0.4) is 0 Å². The first-order valence-corrected chi connectivity index (χ1v) is 9.74. The zero-order valence-electron chi connectivity index (χ0n) is 14.1. The Labute approximate surface area is 161 Å². The van der Waals surface area contributed by atoms with Gasteiger partial charge in [0.1, 0.15) is 5.02 Å². The number of halogens is 1. The molecule has 0 saturated heterocycles. The van der Waals surface area contributed by atoms with E-state index in [0.717, 1.165) is 0 Å². The molecule has 140 valence electrons. The van der Waals surface area contributed by atoms with Gasteiger partial charge in [-0.25, -0.2) is 13.4 Å². The second kappa shape index (κ2) is 8.21. The van der Waals surface area contributed by atoms with E-state index in [0.29, 0.717) is 17.3 Å². The predicted molar refractivity (Wildman–Crippen MR) is 106 cm³/mol. The fourth-order valence-corrected chi connectivity index (χ4v) is 3.30. The third-order valence-electron chi connectivity index (χ3n) is 3.46. The number of sulfonamides is 1. The van der Waals surface area contributed by atoms with Crippen molar-refractivity contribution in [1.82, 2.24) is 14.7 Å². The van der Waals surface area contributed by atoms with Crippen molar-refractivity contribution >= 4 is 44.8 Å². The van der Waals surface area contributed by atoms with E-state index in [4.69, 9.17) is 17.3 Å². The van der Waals surface area contributed by atoms with Gasteiger partial charge in [0, 0.05) is 11.4 Å². The van der Waals surface area contributed by atoms with E-state index < -0.39 is 10.0 Å². The number of nitrogen functional groups attached to an aromatic ring is 1. The highest BCUT2D eigenvalue weighted by molar-refractivity contribution is 7.89. The average molecular weight is 405 g/mol. The fraction of sp³-hybridized carbons (Fsp3) is 0.0588. The van der Waals surface area contributed by atoms with E-state index in [1.807, 2.05) is 6.07 Å². The van der Waals surface area contributed by atoms with Crippen molar-refractivity contribution in [3.05, 3.63) is 65.8 Å². The van der Waals surface area contributed by atoms with Crippen LogP contribution in [-0.2, 0) is 10.0 Å². The molecule has 8 nitrogen and oxygen atoms in total. The Kier molecular flexibility index (Phi) is 5.75. The second-order valence-corrected chi connectivity index (χ2v) is 7.63. The number of nitrogens with two attached hydrogens (primary N) is 1. The molecular formula is C17H17ClN6O2S. The quantitative estimate of drug-likeness (QED) is 0.352. The van der Waals surface area contributed by atoms with Gasteiger partial charge in [0.2, 0.25) is 16.0 Å². The van der Waals surface area contributed by atoms with Crippen LogP contribution in [0, 0.1) is 0 Å². The first kappa shape index (κ1) is 18.9. The third kappa shape index (κ3) is 5.07. The molecule has 0 fully saturated rings. The minimum Gasteiger partial charge on any atom is -0.399 e. The molecule has 0 saturated carbocycles. The highest BCUT2D eigenvalue weighted by Gasteiger charge is 2.13. The zero-order valence-corrected chi connectivity index (χ0v) is 15.6. The van der Waals surface area contributed by atoms with Crippen LogP contribution in [0.25, 0.3) is 0 Å². The summed E-state index contributed by atoms with van der Waals surface area (Å²) in [6.45, 7) is -0.0916. The molecule has 0 spiro atoms. The van der Waals surface area contributed by atoms with Crippen LogP contribution in [0.15, 0.2) is 65.7 Å². The van der Waals surface area contributed by atoms with Crippen LogP contribution in [0.1, 0.15) is 0 Å². The summed E-state index contributed by atoms with van der Waals surface area (Å²) < 4.78 is 26.8. The van der Waals surface area contributed by atoms with Crippen LogP contribution < -0.4 is 21.1 Å². The third-order valence-corrected chi connectivity index (χ3v) is 5.15. The lowest BCUT2D eigenvalue weighted by atomic mass is 10.3. The number of nitrogens with one attached hydrogen (secondary N) is 3. The molecular weight excluding hydrogens is 388 g/mol. The highest BCUT2D eigenvalue weighted by atomic mass is 35.5. The Balaban J connectivity index is 1.66. The number of benzene rings is 2. The lowest BCUT2D eigenvalue weighted by molar-refractivity contribution is 0.584. The van der Waals surface area contributed by atoms with Gasteiger partial charge in [-0.1, -0.05) is 35.9 Å². The Morgan fingerprint density at radius 2 is 1.85 bits per heavy atom. The highest BCUT2D eigenvalue weighted by Crippen LogP contribution is 2.22. The lowest BCUT2D eigenvalue weighted by Crippen LogP contribution is -2.29. The molecule has 0 radical (unpaired) electrons. The monoisotopic (exact) mass is 404 g/mol.